The number of nitrogens with zero attached hydrogens (tertiary/aromatic N) is 2. The smallest absolute Gasteiger partial charge is 0.259 e. The van der Waals surface area contributed by atoms with E-state index in [0.717, 1.165) is 12.8 Å². The zero-order valence-electron chi connectivity index (χ0n) is 9.02. The average molecular weight is 224 g/mol. The van der Waals surface area contributed by atoms with Gasteiger partial charge in [0.05, 0.1) is 6.20 Å². The summed E-state index contributed by atoms with van der Waals surface area (Å²) in [5, 5.41) is 15.3. The Morgan fingerprint density at radius 1 is 1.62 bits per heavy atom. The minimum absolute atomic E-state index is 0.0809. The molecule has 4 N–H and O–H groups in total. The van der Waals surface area contributed by atoms with Gasteiger partial charge in [-0.15, -0.1) is 0 Å². The molecule has 6 heteroatoms. The molecule has 1 aliphatic rings. The van der Waals surface area contributed by atoms with Gasteiger partial charge in [-0.2, -0.15) is 5.10 Å². The first kappa shape index (κ1) is 10.9. The second-order valence-corrected chi connectivity index (χ2v) is 4.12. The topological polar surface area (TPSA) is 95.2 Å². The van der Waals surface area contributed by atoms with Crippen LogP contribution in [0.3, 0.4) is 0 Å². The third kappa shape index (κ3) is 2.01. The van der Waals surface area contributed by atoms with Gasteiger partial charge in [0.25, 0.3) is 5.91 Å². The Bertz CT molecular complexity index is 369. The van der Waals surface area contributed by atoms with Crippen LogP contribution in [0.2, 0.25) is 0 Å². The molecule has 0 aliphatic carbocycles. The van der Waals surface area contributed by atoms with Crippen molar-refractivity contribution in [3.8, 4) is 0 Å². The second kappa shape index (κ2) is 4.52. The van der Waals surface area contributed by atoms with Crippen LogP contribution in [-0.4, -0.2) is 45.8 Å². The number of H-pyrrole nitrogens is 1. The molecule has 1 aliphatic heterocycles. The summed E-state index contributed by atoms with van der Waals surface area (Å²) < 4.78 is 0. The standard InChI is InChI=1S/C10H16N4O2/c11-9-8(5-12-13-9)10(16)14-3-1-7(6-15)2-4-14/h5,7,15H,1-4,6H2,(H3,11,12,13). The van der Waals surface area contributed by atoms with E-state index in [1.54, 1.807) is 4.90 Å². The highest BCUT2D eigenvalue weighted by Crippen LogP contribution is 2.19. The Hall–Kier alpha value is -1.56. The molecule has 0 saturated carbocycles. The lowest BCUT2D eigenvalue weighted by molar-refractivity contribution is 0.0652. The Morgan fingerprint density at radius 3 is 2.81 bits per heavy atom. The summed E-state index contributed by atoms with van der Waals surface area (Å²) in [5.41, 5.74) is 6.03. The van der Waals surface area contributed by atoms with Crippen LogP contribution >= 0.6 is 0 Å². The molecule has 0 spiro atoms. The van der Waals surface area contributed by atoms with Gasteiger partial charge < -0.3 is 15.7 Å². The van der Waals surface area contributed by atoms with E-state index >= 15 is 0 Å². The number of carbonyl (C=O) groups is 1. The van der Waals surface area contributed by atoms with Gasteiger partial charge in [-0.1, -0.05) is 0 Å². The Kier molecular flexibility index (Phi) is 3.09. The maximum atomic E-state index is 12.0. The number of aromatic nitrogens is 2. The Balaban J connectivity index is 2.00. The number of hydrogen-bond donors (Lipinski definition) is 3. The first-order chi connectivity index (χ1) is 7.72. The number of nitrogen functional groups attached to an aromatic ring is 1. The number of anilines is 1. The van der Waals surface area contributed by atoms with Crippen molar-refractivity contribution in [2.24, 2.45) is 5.92 Å². The highest BCUT2D eigenvalue weighted by Gasteiger charge is 2.24. The molecule has 16 heavy (non-hydrogen) atoms. The summed E-state index contributed by atoms with van der Waals surface area (Å²) in [7, 11) is 0. The summed E-state index contributed by atoms with van der Waals surface area (Å²) in [6.07, 6.45) is 3.15. The number of aliphatic hydroxyl groups is 1. The van der Waals surface area contributed by atoms with Crippen molar-refractivity contribution in [1.82, 2.24) is 15.1 Å². The van der Waals surface area contributed by atoms with Crippen molar-refractivity contribution in [1.29, 1.82) is 0 Å². The van der Waals surface area contributed by atoms with Crippen molar-refractivity contribution >= 4 is 11.7 Å². The van der Waals surface area contributed by atoms with Crippen LogP contribution in [0.4, 0.5) is 5.82 Å². The predicted molar refractivity (Wildman–Crippen MR) is 58.7 cm³/mol. The van der Waals surface area contributed by atoms with Crippen LogP contribution in [0.15, 0.2) is 6.20 Å². The molecule has 1 amide bonds. The molecular formula is C10H16N4O2. The minimum atomic E-state index is -0.0809. The fourth-order valence-corrected chi connectivity index (χ4v) is 1.96. The van der Waals surface area contributed by atoms with E-state index in [0.29, 0.717) is 30.4 Å². The lowest BCUT2D eigenvalue weighted by Crippen LogP contribution is -2.39. The summed E-state index contributed by atoms with van der Waals surface area (Å²) in [5.74, 6) is 0.558. The minimum Gasteiger partial charge on any atom is -0.396 e. The number of nitrogens with one attached hydrogen (secondary N) is 1. The molecule has 2 rings (SSSR count). The van der Waals surface area contributed by atoms with Gasteiger partial charge in [-0.05, 0) is 18.8 Å². The van der Waals surface area contributed by atoms with Gasteiger partial charge in [-0.3, -0.25) is 9.89 Å². The number of amides is 1. The van der Waals surface area contributed by atoms with Gasteiger partial charge in [-0.25, -0.2) is 0 Å². The normalized spacial score (nSPS) is 17.7. The lowest BCUT2D eigenvalue weighted by Gasteiger charge is -2.30. The molecule has 0 radical (unpaired) electrons. The van der Waals surface area contributed by atoms with Crippen molar-refractivity contribution in [2.45, 2.75) is 12.8 Å². The molecule has 6 nitrogen and oxygen atoms in total. The summed E-state index contributed by atoms with van der Waals surface area (Å²) in [6.45, 7) is 1.55. The Morgan fingerprint density at radius 2 is 2.31 bits per heavy atom. The molecular weight excluding hydrogens is 208 g/mol. The van der Waals surface area contributed by atoms with Crippen LogP contribution in [0, 0.1) is 5.92 Å². The number of aromatic amines is 1. The first-order valence-corrected chi connectivity index (χ1v) is 5.41. The molecule has 1 aromatic heterocycles. The first-order valence-electron chi connectivity index (χ1n) is 5.41. The number of piperidine rings is 1. The molecule has 88 valence electrons. The Labute approximate surface area is 93.4 Å². The SMILES string of the molecule is Nc1[nH]ncc1C(=O)N1CCC(CO)CC1. The third-order valence-corrected chi connectivity index (χ3v) is 3.06. The van der Waals surface area contributed by atoms with Crippen molar-refractivity contribution in [2.75, 3.05) is 25.4 Å². The average Bonchev–Trinajstić information content (AvgIpc) is 2.75. The van der Waals surface area contributed by atoms with E-state index < -0.39 is 0 Å². The number of carbonyl (C=O) groups excluding carboxylic acids is 1. The van der Waals surface area contributed by atoms with Crippen LogP contribution in [0.25, 0.3) is 0 Å². The van der Waals surface area contributed by atoms with Crippen LogP contribution < -0.4 is 5.73 Å². The zero-order chi connectivity index (χ0) is 11.5. The number of aliphatic hydroxyl groups excluding tert-OH is 1. The number of hydrogen-bond acceptors (Lipinski definition) is 4. The molecule has 1 fully saturated rings. The fraction of sp³-hybridized carbons (Fsp3) is 0.600. The maximum Gasteiger partial charge on any atom is 0.259 e. The molecule has 0 aromatic carbocycles. The van der Waals surface area contributed by atoms with Crippen LogP contribution in [-0.2, 0) is 0 Å². The van der Waals surface area contributed by atoms with Crippen molar-refractivity contribution in [3.63, 3.8) is 0 Å². The number of likely N-dealkylation sites (tertiary alicyclic amines) is 1. The summed E-state index contributed by atoms with van der Waals surface area (Å²) in [6, 6.07) is 0. The van der Waals surface area contributed by atoms with E-state index in [-0.39, 0.29) is 12.5 Å². The zero-order valence-corrected chi connectivity index (χ0v) is 9.02. The van der Waals surface area contributed by atoms with E-state index in [2.05, 4.69) is 10.2 Å². The van der Waals surface area contributed by atoms with Crippen molar-refractivity contribution < 1.29 is 9.90 Å². The third-order valence-electron chi connectivity index (χ3n) is 3.06. The van der Waals surface area contributed by atoms with E-state index in [1.807, 2.05) is 0 Å². The number of rotatable bonds is 2. The fourth-order valence-electron chi connectivity index (χ4n) is 1.96. The van der Waals surface area contributed by atoms with E-state index in [1.165, 1.54) is 6.20 Å². The second-order valence-electron chi connectivity index (χ2n) is 4.12. The predicted octanol–water partition coefficient (Wildman–Crippen LogP) is -0.164. The lowest BCUT2D eigenvalue weighted by atomic mass is 9.97. The summed E-state index contributed by atoms with van der Waals surface area (Å²) >= 11 is 0. The van der Waals surface area contributed by atoms with Crippen molar-refractivity contribution in [3.05, 3.63) is 11.8 Å². The highest BCUT2D eigenvalue weighted by molar-refractivity contribution is 5.98. The monoisotopic (exact) mass is 224 g/mol. The molecule has 0 bridgehead atoms. The van der Waals surface area contributed by atoms with Gasteiger partial charge in [0.15, 0.2) is 0 Å². The number of nitrogens with two attached hydrogens (primary N) is 1. The molecule has 1 aromatic rings. The molecule has 1 saturated heterocycles. The largest absolute Gasteiger partial charge is 0.396 e. The maximum absolute atomic E-state index is 12.0. The van der Waals surface area contributed by atoms with Gasteiger partial charge in [0.2, 0.25) is 0 Å². The summed E-state index contributed by atoms with van der Waals surface area (Å²) in [4.78, 5) is 13.8. The van der Waals surface area contributed by atoms with E-state index in [4.69, 9.17) is 10.8 Å². The van der Waals surface area contributed by atoms with Crippen LogP contribution in [0.1, 0.15) is 23.2 Å². The highest BCUT2D eigenvalue weighted by atomic mass is 16.3. The quantitative estimate of drug-likeness (QED) is 0.650. The van der Waals surface area contributed by atoms with Crippen LogP contribution in [0.5, 0.6) is 0 Å². The molecule has 0 atom stereocenters. The van der Waals surface area contributed by atoms with Gasteiger partial charge >= 0.3 is 0 Å². The molecule has 2 heterocycles. The van der Waals surface area contributed by atoms with Gasteiger partial charge in [0.1, 0.15) is 11.4 Å². The van der Waals surface area contributed by atoms with Gasteiger partial charge in [0, 0.05) is 19.7 Å². The van der Waals surface area contributed by atoms with E-state index in [9.17, 15) is 4.79 Å². The molecule has 0 unspecified atom stereocenters.